The van der Waals surface area contributed by atoms with E-state index in [0.717, 1.165) is 15.7 Å². The molecular weight excluding hydrogens is 277 g/mol. The van der Waals surface area contributed by atoms with E-state index in [1.807, 2.05) is 31.3 Å². The highest BCUT2D eigenvalue weighted by molar-refractivity contribution is 9.10. The molecule has 5 heteroatoms. The van der Waals surface area contributed by atoms with E-state index in [1.165, 1.54) is 0 Å². The topological polar surface area (TPSA) is 43.8 Å². The third kappa shape index (κ3) is 1.87. The second-order valence-electron chi connectivity index (χ2n) is 3.18. The molecule has 0 unspecified atom stereocenters. The van der Waals surface area contributed by atoms with Crippen LogP contribution in [0.4, 0.5) is 5.82 Å². The molecule has 0 saturated carbocycles. The van der Waals surface area contributed by atoms with Gasteiger partial charge in [-0.2, -0.15) is 5.10 Å². The molecule has 0 atom stereocenters. The Kier molecular flexibility index (Phi) is 2.71. The van der Waals surface area contributed by atoms with Crippen LogP contribution >= 0.6 is 27.5 Å². The molecule has 0 saturated heterocycles. The molecule has 1 aromatic carbocycles. The molecule has 0 aliphatic heterocycles. The van der Waals surface area contributed by atoms with Gasteiger partial charge in [0, 0.05) is 17.6 Å². The van der Waals surface area contributed by atoms with Crippen molar-refractivity contribution in [3.63, 3.8) is 0 Å². The molecule has 3 nitrogen and oxygen atoms in total. The minimum Gasteiger partial charge on any atom is -0.381 e. The van der Waals surface area contributed by atoms with Gasteiger partial charge in [-0.25, -0.2) is 0 Å². The van der Waals surface area contributed by atoms with Gasteiger partial charge < -0.3 is 5.73 Å². The number of rotatable bonds is 1. The van der Waals surface area contributed by atoms with Crippen molar-refractivity contribution in [1.82, 2.24) is 9.78 Å². The van der Waals surface area contributed by atoms with Crippen LogP contribution in [0.5, 0.6) is 0 Å². The quantitative estimate of drug-likeness (QED) is 0.875. The zero-order valence-electron chi connectivity index (χ0n) is 8.04. The molecule has 0 aliphatic rings. The maximum absolute atomic E-state index is 5.83. The monoisotopic (exact) mass is 285 g/mol. The largest absolute Gasteiger partial charge is 0.381 e. The summed E-state index contributed by atoms with van der Waals surface area (Å²) in [6.45, 7) is 0. The Hall–Kier alpha value is -1.00. The molecule has 2 N–H and O–H groups in total. The summed E-state index contributed by atoms with van der Waals surface area (Å²) in [7, 11) is 1.85. The van der Waals surface area contributed by atoms with Crippen molar-refractivity contribution in [2.75, 3.05) is 5.73 Å². The Morgan fingerprint density at radius 1 is 1.33 bits per heavy atom. The van der Waals surface area contributed by atoms with E-state index in [-0.39, 0.29) is 0 Å². The summed E-state index contributed by atoms with van der Waals surface area (Å²) in [6.07, 6.45) is 0. The molecule has 2 aromatic rings. The number of halogens is 2. The predicted octanol–water partition coefficient (Wildman–Crippen LogP) is 3.09. The molecule has 2 rings (SSSR count). The number of aryl methyl sites for hydroxylation is 1. The third-order valence-corrected chi connectivity index (χ3v) is 3.17. The molecule has 1 aromatic heterocycles. The van der Waals surface area contributed by atoms with Gasteiger partial charge in [0.25, 0.3) is 0 Å². The van der Waals surface area contributed by atoms with Crippen LogP contribution in [0.2, 0.25) is 5.02 Å². The van der Waals surface area contributed by atoms with Crippen molar-refractivity contribution in [2.24, 2.45) is 7.05 Å². The van der Waals surface area contributed by atoms with Gasteiger partial charge in [0.05, 0.1) is 10.2 Å². The lowest BCUT2D eigenvalue weighted by molar-refractivity contribution is 0.780. The van der Waals surface area contributed by atoms with Gasteiger partial charge in [0.1, 0.15) is 0 Å². The molecule has 15 heavy (non-hydrogen) atoms. The molecule has 0 aliphatic carbocycles. The second-order valence-corrected chi connectivity index (χ2v) is 4.41. The Morgan fingerprint density at radius 2 is 1.93 bits per heavy atom. The number of nitrogens with zero attached hydrogens (tertiary/aromatic N) is 2. The normalized spacial score (nSPS) is 10.6. The van der Waals surface area contributed by atoms with E-state index in [9.17, 15) is 0 Å². The SMILES string of the molecule is Cn1nc(N)c(Br)c1-c1ccc(Cl)cc1. The molecule has 0 radical (unpaired) electrons. The Bertz CT molecular complexity index is 490. The molecule has 0 amide bonds. The first kappa shape index (κ1) is 10.5. The van der Waals surface area contributed by atoms with Crippen LogP contribution < -0.4 is 5.73 Å². The number of aromatic nitrogens is 2. The zero-order valence-corrected chi connectivity index (χ0v) is 10.4. The average molecular weight is 287 g/mol. The highest BCUT2D eigenvalue weighted by Gasteiger charge is 2.12. The van der Waals surface area contributed by atoms with Gasteiger partial charge in [-0.15, -0.1) is 0 Å². The summed E-state index contributed by atoms with van der Waals surface area (Å²) in [4.78, 5) is 0. The molecule has 78 valence electrons. The highest BCUT2D eigenvalue weighted by Crippen LogP contribution is 2.32. The Balaban J connectivity index is 2.58. The lowest BCUT2D eigenvalue weighted by Gasteiger charge is -2.02. The van der Waals surface area contributed by atoms with Gasteiger partial charge in [-0.1, -0.05) is 23.7 Å². The summed E-state index contributed by atoms with van der Waals surface area (Å²) in [5.41, 5.74) is 7.68. The molecular formula is C10H9BrClN3. The Morgan fingerprint density at radius 3 is 2.40 bits per heavy atom. The first-order valence-electron chi connectivity index (χ1n) is 4.33. The van der Waals surface area contributed by atoms with Crippen molar-refractivity contribution in [3.05, 3.63) is 33.8 Å². The highest BCUT2D eigenvalue weighted by atomic mass is 79.9. The van der Waals surface area contributed by atoms with Crippen LogP contribution in [-0.2, 0) is 7.05 Å². The number of nitrogens with two attached hydrogens (primary N) is 1. The van der Waals surface area contributed by atoms with Crippen molar-refractivity contribution >= 4 is 33.3 Å². The average Bonchev–Trinajstić information content (AvgIpc) is 2.44. The van der Waals surface area contributed by atoms with Gasteiger partial charge in [0.2, 0.25) is 0 Å². The van der Waals surface area contributed by atoms with Gasteiger partial charge in [0.15, 0.2) is 5.82 Å². The van der Waals surface area contributed by atoms with Gasteiger partial charge >= 0.3 is 0 Å². The van der Waals surface area contributed by atoms with Crippen LogP contribution in [0.3, 0.4) is 0 Å². The third-order valence-electron chi connectivity index (χ3n) is 2.13. The van der Waals surface area contributed by atoms with Crippen molar-refractivity contribution in [2.45, 2.75) is 0 Å². The lowest BCUT2D eigenvalue weighted by atomic mass is 10.1. The van der Waals surface area contributed by atoms with E-state index < -0.39 is 0 Å². The van der Waals surface area contributed by atoms with Crippen LogP contribution in [0, 0.1) is 0 Å². The fourth-order valence-electron chi connectivity index (χ4n) is 1.44. The van der Waals surface area contributed by atoms with Gasteiger partial charge in [-0.3, -0.25) is 4.68 Å². The fourth-order valence-corrected chi connectivity index (χ4v) is 2.13. The predicted molar refractivity (Wildman–Crippen MR) is 65.8 cm³/mol. The summed E-state index contributed by atoms with van der Waals surface area (Å²) in [5, 5.41) is 4.84. The zero-order chi connectivity index (χ0) is 11.0. The van der Waals surface area contributed by atoms with E-state index in [1.54, 1.807) is 4.68 Å². The standard InChI is InChI=1S/C10H9BrClN3/c1-15-9(8(11)10(13)14-15)6-2-4-7(12)5-3-6/h2-5H,1H3,(H2,13,14). The van der Waals surface area contributed by atoms with E-state index >= 15 is 0 Å². The number of anilines is 1. The number of nitrogen functional groups attached to an aromatic ring is 1. The smallest absolute Gasteiger partial charge is 0.160 e. The molecule has 0 bridgehead atoms. The summed E-state index contributed by atoms with van der Waals surface area (Å²) < 4.78 is 2.55. The molecule has 0 spiro atoms. The second kappa shape index (κ2) is 3.87. The molecule has 1 heterocycles. The van der Waals surface area contributed by atoms with Gasteiger partial charge in [-0.05, 0) is 28.1 Å². The maximum Gasteiger partial charge on any atom is 0.160 e. The minimum absolute atomic E-state index is 0.488. The summed E-state index contributed by atoms with van der Waals surface area (Å²) >= 11 is 9.24. The van der Waals surface area contributed by atoms with E-state index in [4.69, 9.17) is 17.3 Å². The number of hydrogen-bond acceptors (Lipinski definition) is 2. The van der Waals surface area contributed by atoms with Crippen molar-refractivity contribution in [1.29, 1.82) is 0 Å². The summed E-state index contributed by atoms with van der Waals surface area (Å²) in [6, 6.07) is 7.55. The minimum atomic E-state index is 0.488. The van der Waals surface area contributed by atoms with Crippen LogP contribution in [0.15, 0.2) is 28.7 Å². The fraction of sp³-hybridized carbons (Fsp3) is 0.100. The van der Waals surface area contributed by atoms with Crippen LogP contribution in [0.25, 0.3) is 11.3 Å². The van der Waals surface area contributed by atoms with Crippen molar-refractivity contribution < 1.29 is 0 Å². The lowest BCUT2D eigenvalue weighted by Crippen LogP contribution is -1.94. The number of benzene rings is 1. The van der Waals surface area contributed by atoms with Crippen LogP contribution in [0.1, 0.15) is 0 Å². The maximum atomic E-state index is 5.83. The Labute approximate surface area is 101 Å². The van der Waals surface area contributed by atoms with E-state index in [2.05, 4.69) is 21.0 Å². The first-order chi connectivity index (χ1) is 7.09. The first-order valence-corrected chi connectivity index (χ1v) is 5.50. The van der Waals surface area contributed by atoms with Crippen molar-refractivity contribution in [3.8, 4) is 11.3 Å². The van der Waals surface area contributed by atoms with Crippen LogP contribution in [-0.4, -0.2) is 9.78 Å². The van der Waals surface area contributed by atoms with E-state index in [0.29, 0.717) is 10.8 Å². The summed E-state index contributed by atoms with van der Waals surface area (Å²) in [5.74, 6) is 0.488. The molecule has 0 fully saturated rings. The number of hydrogen-bond donors (Lipinski definition) is 1.